The Balaban J connectivity index is 0.000000280. The molecule has 0 spiro atoms. The first-order valence-electron chi connectivity index (χ1n) is 20.2. The number of aliphatic carboxylic acids is 1. The van der Waals surface area contributed by atoms with E-state index < -0.39 is 41.6 Å². The Morgan fingerprint density at radius 1 is 0.733 bits per heavy atom. The van der Waals surface area contributed by atoms with Crippen LogP contribution in [0.1, 0.15) is 93.2 Å². The first-order valence-corrected chi connectivity index (χ1v) is 21.0. The summed E-state index contributed by atoms with van der Waals surface area (Å²) in [4.78, 5) is 52.3. The summed E-state index contributed by atoms with van der Waals surface area (Å²) in [5.41, 5.74) is 6.87. The molecule has 336 valence electrons. The monoisotopic (exact) mass is 898 g/mol. The largest absolute Gasteiger partial charge is 0.479 e. The summed E-state index contributed by atoms with van der Waals surface area (Å²) in [6.07, 6.45) is 0.607. The molecule has 2 heterocycles. The Kier molecular flexibility index (Phi) is 17.6. The van der Waals surface area contributed by atoms with Crippen molar-refractivity contribution in [2.75, 3.05) is 26.3 Å². The number of halogens is 3. The van der Waals surface area contributed by atoms with Crippen molar-refractivity contribution in [3.8, 4) is 0 Å². The minimum Gasteiger partial charge on any atom is -0.479 e. The number of amides is 3. The van der Waals surface area contributed by atoms with Crippen LogP contribution >= 0.6 is 35.6 Å². The lowest BCUT2D eigenvalue weighted by atomic mass is 10.0. The maximum Gasteiger partial charge on any atom is 0.410 e. The number of carbonyl (C=O) groups is 4. The maximum absolute atomic E-state index is 12.9. The van der Waals surface area contributed by atoms with E-state index in [4.69, 9.17) is 53.0 Å². The summed E-state index contributed by atoms with van der Waals surface area (Å²) < 4.78 is 22.3. The number of carboxylic acids is 1. The Bertz CT molecular complexity index is 1760. The van der Waals surface area contributed by atoms with Crippen molar-refractivity contribution in [1.29, 1.82) is 0 Å². The van der Waals surface area contributed by atoms with Gasteiger partial charge in [-0.2, -0.15) is 0 Å². The number of ether oxygens (including phenoxy) is 4. The smallest absolute Gasteiger partial charge is 0.410 e. The van der Waals surface area contributed by atoms with Crippen LogP contribution in [-0.2, 0) is 41.4 Å². The van der Waals surface area contributed by atoms with Gasteiger partial charge in [0.2, 0.25) is 0 Å². The van der Waals surface area contributed by atoms with Gasteiger partial charge in [-0.3, -0.25) is 14.6 Å². The average Bonchev–Trinajstić information content (AvgIpc) is 3.94. The third-order valence-electron chi connectivity index (χ3n) is 10.6. The second-order valence-corrected chi connectivity index (χ2v) is 20.1. The number of nitrogens with zero attached hydrogens (tertiary/aromatic N) is 2. The molecule has 2 unspecified atom stereocenters. The van der Waals surface area contributed by atoms with Crippen LogP contribution in [0.15, 0.2) is 48.5 Å². The van der Waals surface area contributed by atoms with Gasteiger partial charge in [-0.1, -0.05) is 75.2 Å². The van der Waals surface area contributed by atoms with E-state index in [0.717, 1.165) is 17.5 Å². The van der Waals surface area contributed by atoms with Crippen LogP contribution in [0, 0.1) is 10.8 Å². The molecule has 60 heavy (non-hydrogen) atoms. The highest BCUT2D eigenvalue weighted by Crippen LogP contribution is 2.44. The number of carbonyl (C=O) groups excluding carboxylic acids is 3. The number of benzene rings is 2. The fourth-order valence-electron chi connectivity index (χ4n) is 6.40. The standard InChI is InChI=1S/C22H31ClN2O4.C17H22ClNO5.C5H11N.ClH/c1-21(2,3)29-20(27)25-12-17(19(26)24-18-11-22(18,4)5)28-13-16(25)10-14-6-8-15(23)9-7-14;1-17(2,3)24-16(22)19-9-14(15(20)21)23-10-13(19)8-11-4-6-12(18)7-5-11;1-5(2)3-4(5)6;/h6-9,16-18H,10-13H2,1-5H3,(H,24,26);4-7,13-14H,8-10H2,1-3H3,(H,20,21);4H,3,6H2,1-2H3;1H/t16-,17+,18?;13-,14+;;/m00../s1. The number of rotatable bonds is 7. The Hall–Kier alpha value is -3.33. The highest BCUT2D eigenvalue weighted by molar-refractivity contribution is 6.30. The van der Waals surface area contributed by atoms with Crippen molar-refractivity contribution in [3.63, 3.8) is 0 Å². The molecular formula is C44H65Cl3N4O9. The number of morpholine rings is 2. The van der Waals surface area contributed by atoms with Gasteiger partial charge in [-0.15, -0.1) is 12.4 Å². The molecule has 16 heteroatoms. The Morgan fingerprint density at radius 3 is 1.40 bits per heavy atom. The lowest BCUT2D eigenvalue weighted by molar-refractivity contribution is -0.158. The number of carboxylic acid groups (broad SMARTS) is 1. The molecule has 0 radical (unpaired) electrons. The Labute approximate surface area is 371 Å². The molecule has 4 aliphatic rings. The molecule has 2 aromatic rings. The van der Waals surface area contributed by atoms with Crippen molar-refractivity contribution < 1.29 is 43.2 Å². The lowest BCUT2D eigenvalue weighted by Gasteiger charge is -2.39. The third-order valence-corrected chi connectivity index (χ3v) is 11.1. The zero-order chi connectivity index (χ0) is 44.1. The minimum atomic E-state index is -1.09. The molecule has 3 amide bonds. The number of hydrogen-bond acceptors (Lipinski definition) is 9. The molecule has 2 aliphatic carbocycles. The van der Waals surface area contributed by atoms with E-state index in [2.05, 4.69) is 33.0 Å². The highest BCUT2D eigenvalue weighted by Gasteiger charge is 2.48. The van der Waals surface area contributed by atoms with Gasteiger partial charge in [-0.25, -0.2) is 14.4 Å². The van der Waals surface area contributed by atoms with Crippen LogP contribution in [0.25, 0.3) is 0 Å². The molecule has 0 aromatic heterocycles. The van der Waals surface area contributed by atoms with Gasteiger partial charge < -0.3 is 35.1 Å². The molecule has 2 aromatic carbocycles. The van der Waals surface area contributed by atoms with Crippen LogP contribution in [0.5, 0.6) is 0 Å². The lowest BCUT2D eigenvalue weighted by Crippen LogP contribution is -2.58. The van der Waals surface area contributed by atoms with E-state index in [1.165, 1.54) is 11.3 Å². The van der Waals surface area contributed by atoms with Crippen LogP contribution in [-0.4, -0.2) is 113 Å². The van der Waals surface area contributed by atoms with E-state index in [9.17, 15) is 19.2 Å². The molecular weight excluding hydrogens is 835 g/mol. The molecule has 6 rings (SSSR count). The summed E-state index contributed by atoms with van der Waals surface area (Å²) in [7, 11) is 0. The summed E-state index contributed by atoms with van der Waals surface area (Å²) in [6.45, 7) is 20.0. The normalized spacial score (nSPS) is 25.1. The van der Waals surface area contributed by atoms with Crippen molar-refractivity contribution in [1.82, 2.24) is 15.1 Å². The predicted octanol–water partition coefficient (Wildman–Crippen LogP) is 7.94. The molecule has 4 N–H and O–H groups in total. The van der Waals surface area contributed by atoms with Gasteiger partial charge in [0.25, 0.3) is 5.91 Å². The van der Waals surface area contributed by atoms with Crippen molar-refractivity contribution in [2.45, 2.75) is 142 Å². The summed E-state index contributed by atoms with van der Waals surface area (Å²) >= 11 is 11.9. The van der Waals surface area contributed by atoms with Crippen LogP contribution < -0.4 is 11.1 Å². The van der Waals surface area contributed by atoms with Gasteiger partial charge in [0, 0.05) is 22.1 Å². The molecule has 13 nitrogen and oxygen atoms in total. The second kappa shape index (κ2) is 20.7. The van der Waals surface area contributed by atoms with Crippen LogP contribution in [0.2, 0.25) is 10.0 Å². The molecule has 6 atom stereocenters. The third kappa shape index (κ3) is 16.2. The van der Waals surface area contributed by atoms with Gasteiger partial charge >= 0.3 is 18.2 Å². The van der Waals surface area contributed by atoms with E-state index in [-0.39, 0.29) is 68.2 Å². The van der Waals surface area contributed by atoms with Crippen molar-refractivity contribution in [3.05, 3.63) is 69.7 Å². The van der Waals surface area contributed by atoms with Gasteiger partial charge in [0.05, 0.1) is 38.4 Å². The first kappa shape index (κ1) is 51.0. The summed E-state index contributed by atoms with van der Waals surface area (Å²) in [5, 5.41) is 13.5. The quantitative estimate of drug-likeness (QED) is 0.248. The molecule has 2 aliphatic heterocycles. The van der Waals surface area contributed by atoms with Gasteiger partial charge in [-0.05, 0) is 113 Å². The summed E-state index contributed by atoms with van der Waals surface area (Å²) in [5.74, 6) is -1.26. The first-order chi connectivity index (χ1) is 27.2. The molecule has 4 fully saturated rings. The SMILES string of the molecule is CC(C)(C)OC(=O)N1C[C@H](C(=O)NC2CC2(C)C)OC[C@@H]1Cc1ccc(Cl)cc1.CC(C)(C)OC(=O)N1C[C@H](C(=O)O)OC[C@@H]1Cc1ccc(Cl)cc1.CC1(C)CC1N.Cl. The van der Waals surface area contributed by atoms with Crippen molar-refractivity contribution in [2.24, 2.45) is 16.6 Å². The fraction of sp³-hybridized carbons (Fsp3) is 0.636. The second-order valence-electron chi connectivity index (χ2n) is 19.3. The van der Waals surface area contributed by atoms with Crippen LogP contribution in [0.3, 0.4) is 0 Å². The van der Waals surface area contributed by atoms with E-state index >= 15 is 0 Å². The highest BCUT2D eigenvalue weighted by atomic mass is 35.5. The van der Waals surface area contributed by atoms with E-state index in [0.29, 0.717) is 34.3 Å². The van der Waals surface area contributed by atoms with Gasteiger partial charge in [0.15, 0.2) is 12.2 Å². The zero-order valence-electron chi connectivity index (χ0n) is 36.6. The Morgan fingerprint density at radius 2 is 1.08 bits per heavy atom. The molecule has 2 saturated carbocycles. The van der Waals surface area contributed by atoms with Crippen LogP contribution in [0.4, 0.5) is 9.59 Å². The number of hydrogen-bond donors (Lipinski definition) is 3. The zero-order valence-corrected chi connectivity index (χ0v) is 38.9. The fourth-order valence-corrected chi connectivity index (χ4v) is 6.65. The van der Waals surface area contributed by atoms with Crippen molar-refractivity contribution >= 4 is 59.7 Å². The number of nitrogens with one attached hydrogen (secondary N) is 1. The number of nitrogens with two attached hydrogens (primary N) is 1. The topological polar surface area (TPSA) is 170 Å². The minimum absolute atomic E-state index is 0. The molecule has 2 saturated heterocycles. The predicted molar refractivity (Wildman–Crippen MR) is 235 cm³/mol. The summed E-state index contributed by atoms with van der Waals surface area (Å²) in [6, 6.07) is 15.0. The maximum atomic E-state index is 12.9. The van der Waals surface area contributed by atoms with E-state index in [1.54, 1.807) is 37.8 Å². The molecule has 0 bridgehead atoms. The van der Waals surface area contributed by atoms with E-state index in [1.807, 2.05) is 57.2 Å². The van der Waals surface area contributed by atoms with Gasteiger partial charge in [0.1, 0.15) is 11.2 Å². The average molecular weight is 900 g/mol.